The first kappa shape index (κ1) is 20.0. The Hall–Kier alpha value is -1.71. The summed E-state index contributed by atoms with van der Waals surface area (Å²) in [5.74, 6) is 0.902. The van der Waals surface area contributed by atoms with Gasteiger partial charge in [-0.2, -0.15) is 0 Å². The largest absolute Gasteiger partial charge is 0.493 e. The molecule has 3 rings (SSSR count). The fraction of sp³-hybridized carbons (Fsp3) is 0.500. The molecule has 1 aliphatic rings. The van der Waals surface area contributed by atoms with Crippen molar-refractivity contribution in [3.8, 4) is 11.5 Å². The van der Waals surface area contributed by atoms with E-state index in [2.05, 4.69) is 9.71 Å². The summed E-state index contributed by atoms with van der Waals surface area (Å²) in [5.41, 5.74) is 0. The van der Waals surface area contributed by atoms with E-state index in [1.807, 2.05) is 17.8 Å². The molecule has 1 fully saturated rings. The Bertz CT molecular complexity index is 874. The van der Waals surface area contributed by atoms with Crippen LogP contribution in [0.25, 0.3) is 0 Å². The van der Waals surface area contributed by atoms with Gasteiger partial charge in [0, 0.05) is 36.8 Å². The topological polar surface area (TPSA) is 82.5 Å². The van der Waals surface area contributed by atoms with Crippen LogP contribution in [0.15, 0.2) is 40.6 Å². The molecule has 0 saturated heterocycles. The van der Waals surface area contributed by atoms with Crippen LogP contribution >= 0.6 is 11.8 Å². The zero-order chi connectivity index (χ0) is 19.4. The van der Waals surface area contributed by atoms with Crippen LogP contribution in [0.4, 0.5) is 0 Å². The maximum atomic E-state index is 12.7. The standard InChI is InChI=1S/C18H25N3O4S2/c1-21-11-10-19-18(21)26-14-6-4-13(5-7-14)20-27(22,23)15-8-9-16(24-2)17(12-15)25-3/h8-14,20H,4-7H2,1-3H3. The third kappa shape index (κ3) is 4.77. The van der Waals surface area contributed by atoms with E-state index in [0.717, 1.165) is 30.8 Å². The van der Waals surface area contributed by atoms with Crippen molar-refractivity contribution < 1.29 is 17.9 Å². The third-order valence-corrected chi connectivity index (χ3v) is 7.64. The van der Waals surface area contributed by atoms with Crippen LogP contribution in [-0.4, -0.2) is 43.5 Å². The minimum Gasteiger partial charge on any atom is -0.493 e. The summed E-state index contributed by atoms with van der Waals surface area (Å²) >= 11 is 1.77. The van der Waals surface area contributed by atoms with E-state index in [1.54, 1.807) is 24.0 Å². The highest BCUT2D eigenvalue weighted by Gasteiger charge is 2.27. The second-order valence-corrected chi connectivity index (χ2v) is 9.53. The zero-order valence-corrected chi connectivity index (χ0v) is 17.3. The molecule has 1 aromatic carbocycles. The van der Waals surface area contributed by atoms with Crippen molar-refractivity contribution in [1.82, 2.24) is 14.3 Å². The van der Waals surface area contributed by atoms with Gasteiger partial charge in [0.15, 0.2) is 16.7 Å². The lowest BCUT2D eigenvalue weighted by Gasteiger charge is -2.28. The lowest BCUT2D eigenvalue weighted by atomic mass is 9.96. The van der Waals surface area contributed by atoms with Gasteiger partial charge >= 0.3 is 0 Å². The Labute approximate surface area is 164 Å². The molecule has 1 N–H and O–H groups in total. The number of benzene rings is 1. The SMILES string of the molecule is COc1ccc(S(=O)(=O)NC2CCC(Sc3nccn3C)CC2)cc1OC. The Morgan fingerprint density at radius 3 is 2.44 bits per heavy atom. The summed E-state index contributed by atoms with van der Waals surface area (Å²) in [6, 6.07) is 4.57. The number of ether oxygens (including phenoxy) is 2. The first-order valence-corrected chi connectivity index (χ1v) is 11.2. The summed E-state index contributed by atoms with van der Waals surface area (Å²) in [5, 5.41) is 1.47. The van der Waals surface area contributed by atoms with E-state index in [9.17, 15) is 8.42 Å². The van der Waals surface area contributed by atoms with Crippen LogP contribution < -0.4 is 14.2 Å². The summed E-state index contributed by atoms with van der Waals surface area (Å²) in [7, 11) is 1.39. The fourth-order valence-electron chi connectivity index (χ4n) is 3.18. The van der Waals surface area contributed by atoms with Crippen LogP contribution in [0, 0.1) is 0 Å². The summed E-state index contributed by atoms with van der Waals surface area (Å²) < 4.78 is 40.7. The summed E-state index contributed by atoms with van der Waals surface area (Å²) in [6.07, 6.45) is 7.27. The molecule has 27 heavy (non-hydrogen) atoms. The Balaban J connectivity index is 1.60. The van der Waals surface area contributed by atoms with Crippen molar-refractivity contribution in [3.05, 3.63) is 30.6 Å². The molecule has 1 aliphatic carbocycles. The smallest absolute Gasteiger partial charge is 0.240 e. The first-order valence-electron chi connectivity index (χ1n) is 8.81. The third-order valence-electron chi connectivity index (χ3n) is 4.71. The lowest BCUT2D eigenvalue weighted by Crippen LogP contribution is -2.38. The second kappa shape index (κ2) is 8.53. The molecule has 0 radical (unpaired) electrons. The average molecular weight is 412 g/mol. The predicted molar refractivity (Wildman–Crippen MR) is 105 cm³/mol. The van der Waals surface area contributed by atoms with Crippen LogP contribution in [0.5, 0.6) is 11.5 Å². The highest BCUT2D eigenvalue weighted by Crippen LogP contribution is 2.34. The molecule has 0 unspecified atom stereocenters. The molecule has 0 spiro atoms. The first-order chi connectivity index (χ1) is 12.9. The number of rotatable bonds is 7. The van der Waals surface area contributed by atoms with Crippen LogP contribution in [-0.2, 0) is 17.1 Å². The molecule has 9 heteroatoms. The molecular weight excluding hydrogens is 386 g/mol. The minimum absolute atomic E-state index is 0.0543. The second-order valence-electron chi connectivity index (χ2n) is 6.55. The molecule has 0 amide bonds. The molecule has 2 aromatic rings. The highest BCUT2D eigenvalue weighted by molar-refractivity contribution is 7.99. The number of imidazole rings is 1. The molecule has 148 valence electrons. The molecule has 7 nitrogen and oxygen atoms in total. The summed E-state index contributed by atoms with van der Waals surface area (Å²) in [6.45, 7) is 0. The minimum atomic E-state index is -3.60. The summed E-state index contributed by atoms with van der Waals surface area (Å²) in [4.78, 5) is 4.54. The van der Waals surface area contributed by atoms with Crippen LogP contribution in [0.2, 0.25) is 0 Å². The van der Waals surface area contributed by atoms with Crippen molar-refractivity contribution in [2.24, 2.45) is 7.05 Å². The number of nitrogens with one attached hydrogen (secondary N) is 1. The number of aryl methyl sites for hydroxylation is 1. The Morgan fingerprint density at radius 1 is 1.15 bits per heavy atom. The normalized spacial score (nSPS) is 20.4. The molecule has 1 saturated carbocycles. The van der Waals surface area contributed by atoms with Gasteiger partial charge in [-0.1, -0.05) is 11.8 Å². The quantitative estimate of drug-likeness (QED) is 0.754. The van der Waals surface area contributed by atoms with Gasteiger partial charge in [0.1, 0.15) is 0 Å². The van der Waals surface area contributed by atoms with E-state index in [1.165, 1.54) is 26.4 Å². The Morgan fingerprint density at radius 2 is 1.85 bits per heavy atom. The van der Waals surface area contributed by atoms with Crippen molar-refractivity contribution in [3.63, 3.8) is 0 Å². The van der Waals surface area contributed by atoms with E-state index >= 15 is 0 Å². The molecule has 1 heterocycles. The molecular formula is C18H25N3O4S2. The van der Waals surface area contributed by atoms with E-state index in [4.69, 9.17) is 9.47 Å². The fourth-order valence-corrected chi connectivity index (χ4v) is 5.66. The average Bonchev–Trinajstić information content (AvgIpc) is 3.07. The van der Waals surface area contributed by atoms with Gasteiger partial charge in [-0.3, -0.25) is 0 Å². The van der Waals surface area contributed by atoms with Gasteiger partial charge in [0.05, 0.1) is 19.1 Å². The lowest BCUT2D eigenvalue weighted by molar-refractivity contribution is 0.353. The maximum absolute atomic E-state index is 12.7. The number of aromatic nitrogens is 2. The van der Waals surface area contributed by atoms with Crippen molar-refractivity contribution in [2.75, 3.05) is 14.2 Å². The number of thioether (sulfide) groups is 1. The van der Waals surface area contributed by atoms with E-state index < -0.39 is 10.0 Å². The predicted octanol–water partition coefficient (Wildman–Crippen LogP) is 2.82. The van der Waals surface area contributed by atoms with Gasteiger partial charge in [0.2, 0.25) is 10.0 Å². The number of methoxy groups -OCH3 is 2. The molecule has 0 bridgehead atoms. The van der Waals surface area contributed by atoms with Gasteiger partial charge in [-0.15, -0.1) is 0 Å². The van der Waals surface area contributed by atoms with Gasteiger partial charge in [0.25, 0.3) is 0 Å². The number of nitrogens with zero attached hydrogens (tertiary/aromatic N) is 2. The van der Waals surface area contributed by atoms with Crippen molar-refractivity contribution in [1.29, 1.82) is 0 Å². The number of hydrogen-bond acceptors (Lipinski definition) is 6. The highest BCUT2D eigenvalue weighted by atomic mass is 32.2. The van der Waals surface area contributed by atoms with Crippen LogP contribution in [0.1, 0.15) is 25.7 Å². The number of sulfonamides is 1. The zero-order valence-electron chi connectivity index (χ0n) is 15.7. The van der Waals surface area contributed by atoms with Gasteiger partial charge in [-0.05, 0) is 37.8 Å². The molecule has 1 aromatic heterocycles. The van der Waals surface area contributed by atoms with Crippen molar-refractivity contribution >= 4 is 21.8 Å². The van der Waals surface area contributed by atoms with E-state index in [0.29, 0.717) is 16.7 Å². The number of hydrogen-bond donors (Lipinski definition) is 1. The van der Waals surface area contributed by atoms with Gasteiger partial charge in [-0.25, -0.2) is 18.1 Å². The van der Waals surface area contributed by atoms with Gasteiger partial charge < -0.3 is 14.0 Å². The van der Waals surface area contributed by atoms with E-state index in [-0.39, 0.29) is 10.9 Å². The monoisotopic (exact) mass is 411 g/mol. The molecule has 0 atom stereocenters. The van der Waals surface area contributed by atoms with Crippen molar-refractivity contribution in [2.45, 2.75) is 47.0 Å². The van der Waals surface area contributed by atoms with Crippen LogP contribution in [0.3, 0.4) is 0 Å². The maximum Gasteiger partial charge on any atom is 0.240 e. The Kier molecular flexibility index (Phi) is 6.33. The molecule has 0 aliphatic heterocycles.